The predicted molar refractivity (Wildman–Crippen MR) is 58.0 cm³/mol. The van der Waals surface area contributed by atoms with Crippen LogP contribution in [0, 0.1) is 0 Å². The van der Waals surface area contributed by atoms with Crippen molar-refractivity contribution in [1.82, 2.24) is 0 Å². The van der Waals surface area contributed by atoms with Gasteiger partial charge >= 0.3 is 23.9 Å². The molecule has 19 heavy (non-hydrogen) atoms. The zero-order valence-electron chi connectivity index (χ0n) is 9.11. The fraction of sp³-hybridized carbons (Fsp3) is 0.500. The first-order valence-corrected chi connectivity index (χ1v) is 4.30. The number of aliphatic hydroxyl groups is 1. The molecule has 0 aliphatic heterocycles. The molecule has 11 heteroatoms. The summed E-state index contributed by atoms with van der Waals surface area (Å²) in [6.07, 6.45) is -5.89. The summed E-state index contributed by atoms with van der Waals surface area (Å²) in [5.41, 5.74) is 0. The van der Waals surface area contributed by atoms with E-state index in [1.807, 2.05) is 0 Å². The minimum Gasteiger partial charge on any atom is -0.481 e. The first-order chi connectivity index (χ1) is 7.75. The molecule has 0 saturated carbocycles. The number of rotatable bonds is 7. The Morgan fingerprint density at radius 3 is 1.74 bits per heavy atom. The molecule has 104 valence electrons. The Morgan fingerprint density at radius 1 is 0.947 bits per heavy atom. The van der Waals surface area contributed by atoms with Gasteiger partial charge in [0.15, 0.2) is 23.5 Å². The Balaban J connectivity index is -0.00000128. The molecule has 0 saturated heterocycles. The Hall–Kier alpha value is -1.00. The molecule has 2 unspecified atom stereocenters. The summed E-state index contributed by atoms with van der Waals surface area (Å²) in [5, 5.41) is 34.0. The van der Waals surface area contributed by atoms with Crippen LogP contribution >= 0.6 is 0 Å². The first kappa shape index (κ1) is 23.1. The molecule has 0 fully saturated rings. The summed E-state index contributed by atoms with van der Waals surface area (Å²) >= 11 is 0. The van der Waals surface area contributed by atoms with Crippen LogP contribution in [0.25, 0.3) is 0 Å². The zero-order valence-corrected chi connectivity index (χ0v) is 12.1. The van der Waals surface area contributed by atoms with E-state index in [0.29, 0.717) is 0 Å². The van der Waals surface area contributed by atoms with Crippen molar-refractivity contribution in [2.45, 2.75) is 25.0 Å². The van der Waals surface area contributed by atoms with E-state index in [1.165, 1.54) is 0 Å². The van der Waals surface area contributed by atoms with E-state index in [9.17, 15) is 19.2 Å². The monoisotopic (exact) mass is 344 g/mol. The van der Waals surface area contributed by atoms with Crippen LogP contribution in [0.4, 0.5) is 0 Å². The molecule has 0 aromatic carbocycles. The molecular formula is C8H13AlO9Zn. The molecule has 0 bridgehead atoms. The molecule has 0 amide bonds. The average molecular weight is 346 g/mol. The summed E-state index contributed by atoms with van der Waals surface area (Å²) in [5.74, 6) is -6.24. The van der Waals surface area contributed by atoms with Crippen LogP contribution in [-0.4, -0.2) is 73.9 Å². The SMILES string of the molecule is O=C(O)CCC(=O)OC(C(=O)O)C(O)C(=O)O.[AlH3].[Zn]. The van der Waals surface area contributed by atoms with Gasteiger partial charge in [-0.2, -0.15) is 0 Å². The summed E-state index contributed by atoms with van der Waals surface area (Å²) < 4.78 is 4.15. The maximum atomic E-state index is 10.9. The van der Waals surface area contributed by atoms with Crippen molar-refractivity contribution in [2.24, 2.45) is 0 Å². The molecule has 0 rings (SSSR count). The van der Waals surface area contributed by atoms with Crippen LogP contribution in [0.5, 0.6) is 0 Å². The quantitative estimate of drug-likeness (QED) is 0.280. The van der Waals surface area contributed by atoms with Gasteiger partial charge < -0.3 is 25.2 Å². The van der Waals surface area contributed by atoms with Gasteiger partial charge in [-0.05, 0) is 0 Å². The Bertz CT molecular complexity index is 345. The summed E-state index contributed by atoms with van der Waals surface area (Å²) in [7, 11) is 0. The van der Waals surface area contributed by atoms with Crippen molar-refractivity contribution in [2.75, 3.05) is 0 Å². The molecule has 9 nitrogen and oxygen atoms in total. The molecule has 0 spiro atoms. The van der Waals surface area contributed by atoms with Crippen LogP contribution in [-0.2, 0) is 43.4 Å². The van der Waals surface area contributed by atoms with Gasteiger partial charge in [-0.25, -0.2) is 9.59 Å². The maximum absolute atomic E-state index is 10.9. The van der Waals surface area contributed by atoms with Gasteiger partial charge in [-0.3, -0.25) is 9.59 Å². The second-order valence-corrected chi connectivity index (χ2v) is 2.93. The summed E-state index contributed by atoms with van der Waals surface area (Å²) in [6, 6.07) is 0. The van der Waals surface area contributed by atoms with Crippen LogP contribution in [0.2, 0.25) is 0 Å². The number of hydrogen-bond acceptors (Lipinski definition) is 6. The second-order valence-electron chi connectivity index (χ2n) is 2.93. The molecule has 4 N–H and O–H groups in total. The molecular weight excluding hydrogens is 332 g/mol. The Labute approximate surface area is 130 Å². The van der Waals surface area contributed by atoms with Crippen molar-refractivity contribution in [3.05, 3.63) is 0 Å². The normalized spacial score (nSPS) is 12.1. The molecule has 0 radical (unpaired) electrons. The molecule has 0 aromatic rings. The van der Waals surface area contributed by atoms with E-state index in [1.54, 1.807) is 0 Å². The van der Waals surface area contributed by atoms with E-state index >= 15 is 0 Å². The number of carbonyl (C=O) groups is 4. The van der Waals surface area contributed by atoms with Crippen molar-refractivity contribution < 1.29 is 63.8 Å². The molecule has 0 aliphatic carbocycles. The third kappa shape index (κ3) is 9.56. The molecule has 0 aliphatic rings. The largest absolute Gasteiger partial charge is 0.481 e. The van der Waals surface area contributed by atoms with E-state index in [0.717, 1.165) is 0 Å². The van der Waals surface area contributed by atoms with E-state index < -0.39 is 48.9 Å². The molecule has 0 heterocycles. The van der Waals surface area contributed by atoms with Crippen molar-refractivity contribution in [3.8, 4) is 0 Å². The standard InChI is InChI=1S/C8H10O9.Al.Zn.3H/c9-3(10)1-2-4(11)17-6(8(15)16)5(12)7(13)14;;;;;/h5-6,12H,1-2H2,(H,9,10)(H,13,14)(H,15,16);;;;;. The number of hydrogen-bond donors (Lipinski definition) is 4. The van der Waals surface area contributed by atoms with Crippen molar-refractivity contribution in [1.29, 1.82) is 0 Å². The van der Waals surface area contributed by atoms with Crippen molar-refractivity contribution >= 4 is 41.2 Å². The fourth-order valence-corrected chi connectivity index (χ4v) is 0.789. The van der Waals surface area contributed by atoms with Gasteiger partial charge in [0.2, 0.25) is 6.10 Å². The van der Waals surface area contributed by atoms with Gasteiger partial charge in [0, 0.05) is 19.5 Å². The fourth-order valence-electron chi connectivity index (χ4n) is 0.789. The number of esters is 1. The maximum Gasteiger partial charge on any atom is 0.348 e. The third-order valence-electron chi connectivity index (χ3n) is 1.58. The topological polar surface area (TPSA) is 158 Å². The summed E-state index contributed by atoms with van der Waals surface area (Å²) in [6.45, 7) is 0. The zero-order chi connectivity index (χ0) is 13.6. The average Bonchev–Trinajstić information content (AvgIpc) is 2.21. The number of aliphatic hydroxyl groups excluding tert-OH is 1. The molecule has 2 atom stereocenters. The number of ether oxygens (including phenoxy) is 1. The minimum atomic E-state index is -2.42. The van der Waals surface area contributed by atoms with E-state index in [4.69, 9.17) is 20.4 Å². The predicted octanol–water partition coefficient (Wildman–Crippen LogP) is -2.89. The molecule has 0 aromatic heterocycles. The smallest absolute Gasteiger partial charge is 0.348 e. The number of carboxylic acids is 3. The summed E-state index contributed by atoms with van der Waals surface area (Å²) in [4.78, 5) is 41.8. The minimum absolute atomic E-state index is 0. The van der Waals surface area contributed by atoms with Crippen molar-refractivity contribution in [3.63, 3.8) is 0 Å². The van der Waals surface area contributed by atoms with Crippen LogP contribution in [0.15, 0.2) is 0 Å². The van der Waals surface area contributed by atoms with Gasteiger partial charge in [0.25, 0.3) is 0 Å². The van der Waals surface area contributed by atoms with Gasteiger partial charge in [-0.15, -0.1) is 0 Å². The Morgan fingerprint density at radius 2 is 1.42 bits per heavy atom. The van der Waals surface area contributed by atoms with Crippen LogP contribution < -0.4 is 0 Å². The number of carbonyl (C=O) groups excluding carboxylic acids is 1. The second kappa shape index (κ2) is 10.9. The van der Waals surface area contributed by atoms with Crippen LogP contribution in [0.3, 0.4) is 0 Å². The Kier molecular flexibility index (Phi) is 13.2. The third-order valence-corrected chi connectivity index (χ3v) is 1.58. The van der Waals surface area contributed by atoms with Crippen LogP contribution in [0.1, 0.15) is 12.8 Å². The first-order valence-electron chi connectivity index (χ1n) is 4.30. The number of aliphatic carboxylic acids is 3. The van der Waals surface area contributed by atoms with Gasteiger partial charge in [0.1, 0.15) is 0 Å². The van der Waals surface area contributed by atoms with Gasteiger partial charge in [-0.1, -0.05) is 0 Å². The van der Waals surface area contributed by atoms with E-state index in [2.05, 4.69) is 4.74 Å². The number of carboxylic acid groups (broad SMARTS) is 3. The van der Waals surface area contributed by atoms with E-state index in [-0.39, 0.29) is 36.8 Å². The van der Waals surface area contributed by atoms with Gasteiger partial charge in [0.05, 0.1) is 12.8 Å².